The molecule has 7 heteroatoms. The molecule has 0 saturated carbocycles. The largest absolute Gasteiger partial charge is 0.465 e. The van der Waals surface area contributed by atoms with E-state index in [-0.39, 0.29) is 18.2 Å². The SMILES string of the molecule is COC(=O)c1ccc(NC2CC(=O)N(C)C2=O)c(N)c1. The first kappa shape index (κ1) is 13.9. The second-order valence-electron chi connectivity index (χ2n) is 4.49. The number of rotatable bonds is 3. The van der Waals surface area contributed by atoms with Gasteiger partial charge in [0.1, 0.15) is 6.04 Å². The number of amides is 2. The van der Waals surface area contributed by atoms with E-state index in [2.05, 4.69) is 10.1 Å². The van der Waals surface area contributed by atoms with Crippen LogP contribution in [0.25, 0.3) is 0 Å². The Labute approximate surface area is 115 Å². The normalized spacial score (nSPS) is 18.3. The summed E-state index contributed by atoms with van der Waals surface area (Å²) in [4.78, 5) is 35.6. The third-order valence-corrected chi connectivity index (χ3v) is 3.18. The molecule has 1 unspecified atom stereocenters. The van der Waals surface area contributed by atoms with Gasteiger partial charge in [-0.2, -0.15) is 0 Å². The van der Waals surface area contributed by atoms with Gasteiger partial charge < -0.3 is 15.8 Å². The fourth-order valence-electron chi connectivity index (χ4n) is 1.99. The number of carbonyl (C=O) groups excluding carboxylic acids is 3. The summed E-state index contributed by atoms with van der Waals surface area (Å²) >= 11 is 0. The van der Waals surface area contributed by atoms with Gasteiger partial charge in [-0.15, -0.1) is 0 Å². The lowest BCUT2D eigenvalue weighted by Crippen LogP contribution is -2.32. The van der Waals surface area contributed by atoms with Crippen molar-refractivity contribution in [1.82, 2.24) is 4.90 Å². The van der Waals surface area contributed by atoms with Crippen LogP contribution in [0, 0.1) is 0 Å². The van der Waals surface area contributed by atoms with Crippen LogP contribution in [0.1, 0.15) is 16.8 Å². The second kappa shape index (κ2) is 5.20. The number of nitrogen functional groups attached to an aromatic ring is 1. The number of anilines is 2. The van der Waals surface area contributed by atoms with E-state index in [0.717, 1.165) is 4.90 Å². The Morgan fingerprint density at radius 1 is 1.45 bits per heavy atom. The Balaban J connectivity index is 2.17. The maximum Gasteiger partial charge on any atom is 0.337 e. The van der Waals surface area contributed by atoms with Crippen molar-refractivity contribution in [1.29, 1.82) is 0 Å². The van der Waals surface area contributed by atoms with E-state index in [9.17, 15) is 14.4 Å². The number of likely N-dealkylation sites (tertiary alicyclic amines) is 1. The number of hydrogen-bond donors (Lipinski definition) is 2. The summed E-state index contributed by atoms with van der Waals surface area (Å²) in [5, 5.41) is 2.91. The van der Waals surface area contributed by atoms with E-state index in [1.54, 1.807) is 6.07 Å². The minimum Gasteiger partial charge on any atom is -0.465 e. The lowest BCUT2D eigenvalue weighted by atomic mass is 10.1. The Kier molecular flexibility index (Phi) is 3.60. The lowest BCUT2D eigenvalue weighted by Gasteiger charge is -2.14. The topological polar surface area (TPSA) is 102 Å². The van der Waals surface area contributed by atoms with Crippen molar-refractivity contribution in [2.45, 2.75) is 12.5 Å². The molecule has 106 valence electrons. The summed E-state index contributed by atoms with van der Waals surface area (Å²) in [5.74, 6) is -1.03. The Morgan fingerprint density at radius 2 is 2.15 bits per heavy atom. The van der Waals surface area contributed by atoms with E-state index in [1.807, 2.05) is 0 Å². The zero-order valence-electron chi connectivity index (χ0n) is 11.2. The molecule has 0 aliphatic carbocycles. The third kappa shape index (κ3) is 2.42. The van der Waals surface area contributed by atoms with Crippen molar-refractivity contribution in [3.63, 3.8) is 0 Å². The van der Waals surface area contributed by atoms with Crippen molar-refractivity contribution in [2.24, 2.45) is 0 Å². The fraction of sp³-hybridized carbons (Fsp3) is 0.308. The predicted molar refractivity (Wildman–Crippen MR) is 72.0 cm³/mol. The summed E-state index contributed by atoms with van der Waals surface area (Å²) in [7, 11) is 2.72. The molecule has 1 fully saturated rings. The summed E-state index contributed by atoms with van der Waals surface area (Å²) in [6.45, 7) is 0. The molecular formula is C13H15N3O4. The maximum atomic E-state index is 11.8. The van der Waals surface area contributed by atoms with Crippen LogP contribution >= 0.6 is 0 Å². The van der Waals surface area contributed by atoms with Gasteiger partial charge >= 0.3 is 5.97 Å². The zero-order chi connectivity index (χ0) is 14.9. The Hall–Kier alpha value is -2.57. The van der Waals surface area contributed by atoms with Gasteiger partial charge in [0.2, 0.25) is 5.91 Å². The molecule has 0 spiro atoms. The summed E-state index contributed by atoms with van der Waals surface area (Å²) in [5.41, 5.74) is 6.95. The molecule has 1 atom stereocenters. The molecular weight excluding hydrogens is 262 g/mol. The number of nitrogens with zero attached hydrogens (tertiary/aromatic N) is 1. The van der Waals surface area contributed by atoms with E-state index in [1.165, 1.54) is 26.3 Å². The zero-order valence-corrected chi connectivity index (χ0v) is 11.2. The number of methoxy groups -OCH3 is 1. The number of benzene rings is 1. The summed E-state index contributed by atoms with van der Waals surface area (Å²) < 4.78 is 4.59. The van der Waals surface area contributed by atoms with E-state index < -0.39 is 12.0 Å². The van der Waals surface area contributed by atoms with E-state index in [4.69, 9.17) is 5.73 Å². The van der Waals surface area contributed by atoms with Crippen LogP contribution in [0.3, 0.4) is 0 Å². The number of ether oxygens (including phenoxy) is 1. The third-order valence-electron chi connectivity index (χ3n) is 3.18. The predicted octanol–water partition coefficient (Wildman–Crippen LogP) is 0.225. The molecule has 20 heavy (non-hydrogen) atoms. The van der Waals surface area contributed by atoms with Crippen molar-refractivity contribution in [3.05, 3.63) is 23.8 Å². The first-order valence-corrected chi connectivity index (χ1v) is 5.99. The standard InChI is InChI=1S/C13H15N3O4/c1-16-11(17)6-10(12(16)18)15-9-4-3-7(5-8(9)14)13(19)20-2/h3-5,10,15H,6,14H2,1-2H3. The molecule has 1 aliphatic rings. The highest BCUT2D eigenvalue weighted by Crippen LogP contribution is 2.24. The molecule has 1 aromatic carbocycles. The first-order valence-electron chi connectivity index (χ1n) is 5.99. The molecule has 7 nitrogen and oxygen atoms in total. The van der Waals surface area contributed by atoms with Crippen LogP contribution in [0.15, 0.2) is 18.2 Å². The minimum atomic E-state index is -0.626. The molecule has 0 bridgehead atoms. The van der Waals surface area contributed by atoms with Gasteiger partial charge in [-0.3, -0.25) is 14.5 Å². The smallest absolute Gasteiger partial charge is 0.337 e. The van der Waals surface area contributed by atoms with Crippen LogP contribution < -0.4 is 11.1 Å². The van der Waals surface area contributed by atoms with Gasteiger partial charge in [0.05, 0.1) is 30.5 Å². The van der Waals surface area contributed by atoms with Crippen LogP contribution in [0.2, 0.25) is 0 Å². The van der Waals surface area contributed by atoms with Gasteiger partial charge in [0.25, 0.3) is 5.91 Å². The molecule has 0 radical (unpaired) electrons. The number of likely N-dealkylation sites (N-methyl/N-ethyl adjacent to an activating group) is 1. The molecule has 1 aromatic rings. The number of esters is 1. The van der Waals surface area contributed by atoms with Crippen LogP contribution in [0.4, 0.5) is 11.4 Å². The van der Waals surface area contributed by atoms with Crippen LogP contribution in [-0.2, 0) is 14.3 Å². The van der Waals surface area contributed by atoms with Gasteiger partial charge in [0, 0.05) is 7.05 Å². The molecule has 2 amide bonds. The first-order chi connectivity index (χ1) is 9.43. The summed E-state index contributed by atoms with van der Waals surface area (Å²) in [6, 6.07) is 3.95. The molecule has 2 rings (SSSR count). The van der Waals surface area contributed by atoms with Crippen molar-refractivity contribution < 1.29 is 19.1 Å². The number of nitrogens with one attached hydrogen (secondary N) is 1. The van der Waals surface area contributed by atoms with Gasteiger partial charge in [-0.1, -0.05) is 0 Å². The van der Waals surface area contributed by atoms with Crippen molar-refractivity contribution in [3.8, 4) is 0 Å². The number of imide groups is 1. The second-order valence-corrected chi connectivity index (χ2v) is 4.49. The highest BCUT2D eigenvalue weighted by Gasteiger charge is 2.36. The molecule has 0 aromatic heterocycles. The van der Waals surface area contributed by atoms with E-state index in [0.29, 0.717) is 16.9 Å². The highest BCUT2D eigenvalue weighted by atomic mass is 16.5. The Morgan fingerprint density at radius 3 is 2.65 bits per heavy atom. The highest BCUT2D eigenvalue weighted by molar-refractivity contribution is 6.06. The van der Waals surface area contributed by atoms with Crippen molar-refractivity contribution >= 4 is 29.2 Å². The molecule has 1 aliphatic heterocycles. The monoisotopic (exact) mass is 277 g/mol. The molecule has 1 saturated heterocycles. The molecule has 1 heterocycles. The fourth-order valence-corrected chi connectivity index (χ4v) is 1.99. The molecule has 3 N–H and O–H groups in total. The number of hydrogen-bond acceptors (Lipinski definition) is 6. The Bertz CT molecular complexity index is 585. The minimum absolute atomic E-state index is 0.0908. The average Bonchev–Trinajstić information content (AvgIpc) is 2.67. The quantitative estimate of drug-likeness (QED) is 0.465. The average molecular weight is 277 g/mol. The maximum absolute atomic E-state index is 11.8. The van der Waals surface area contributed by atoms with Crippen molar-refractivity contribution in [2.75, 3.05) is 25.2 Å². The van der Waals surface area contributed by atoms with Crippen LogP contribution in [0.5, 0.6) is 0 Å². The lowest BCUT2D eigenvalue weighted by molar-refractivity contribution is -0.136. The van der Waals surface area contributed by atoms with Gasteiger partial charge in [0.15, 0.2) is 0 Å². The van der Waals surface area contributed by atoms with Crippen LogP contribution in [-0.4, -0.2) is 42.9 Å². The number of nitrogens with two attached hydrogens (primary N) is 1. The summed E-state index contributed by atoms with van der Waals surface area (Å²) in [6.07, 6.45) is 0.0908. The van der Waals surface area contributed by atoms with E-state index >= 15 is 0 Å². The number of carbonyl (C=O) groups is 3. The van der Waals surface area contributed by atoms with Gasteiger partial charge in [-0.25, -0.2) is 4.79 Å². The van der Waals surface area contributed by atoms with Gasteiger partial charge in [-0.05, 0) is 18.2 Å².